The topological polar surface area (TPSA) is 69.6 Å². The first kappa shape index (κ1) is 13.8. The van der Waals surface area contributed by atoms with Gasteiger partial charge in [0.25, 0.3) is 0 Å². The Kier molecular flexibility index (Phi) is 4.01. The largest absolute Gasteiger partial charge is 0.481 e. The molecule has 1 aliphatic carbocycles. The van der Waals surface area contributed by atoms with Gasteiger partial charge in [0, 0.05) is 19.6 Å². The predicted octanol–water partition coefficient (Wildman–Crippen LogP) is 1.54. The van der Waals surface area contributed by atoms with E-state index < -0.39 is 5.97 Å². The van der Waals surface area contributed by atoms with Crippen LogP contribution < -0.4 is 5.32 Å². The number of nitrogens with zero attached hydrogens (tertiary/aromatic N) is 1. The fraction of sp³-hybridized carbons (Fsp3) is 0.833. The summed E-state index contributed by atoms with van der Waals surface area (Å²) in [7, 11) is 1.62. The summed E-state index contributed by atoms with van der Waals surface area (Å²) in [5, 5.41) is 11.5. The van der Waals surface area contributed by atoms with E-state index in [1.54, 1.807) is 7.05 Å². The molecule has 1 aliphatic rings. The quantitative estimate of drug-likeness (QED) is 0.768. The lowest BCUT2D eigenvalue weighted by Gasteiger charge is -2.20. The number of aliphatic carboxylic acids is 1. The molecule has 0 heterocycles. The van der Waals surface area contributed by atoms with Gasteiger partial charge in [-0.1, -0.05) is 20.8 Å². The average Bonchev–Trinajstić information content (AvgIpc) is 2.87. The highest BCUT2D eigenvalue weighted by Crippen LogP contribution is 2.51. The van der Waals surface area contributed by atoms with Crippen LogP contribution in [0, 0.1) is 11.3 Å². The summed E-state index contributed by atoms with van der Waals surface area (Å²) >= 11 is 0. The van der Waals surface area contributed by atoms with Crippen LogP contribution in [0.2, 0.25) is 0 Å². The Labute approximate surface area is 102 Å². The molecule has 0 saturated heterocycles. The molecule has 1 saturated carbocycles. The molecule has 0 aromatic heterocycles. The molecule has 98 valence electrons. The second-order valence-electron chi connectivity index (χ2n) is 5.43. The summed E-state index contributed by atoms with van der Waals surface area (Å²) in [6.07, 6.45) is 0.985. The van der Waals surface area contributed by atoms with Gasteiger partial charge in [-0.25, -0.2) is 4.79 Å². The molecule has 0 spiro atoms. The molecule has 0 aromatic rings. The summed E-state index contributed by atoms with van der Waals surface area (Å²) in [6, 6.07) is 0.0444. The minimum Gasteiger partial charge on any atom is -0.481 e. The summed E-state index contributed by atoms with van der Waals surface area (Å²) in [5.41, 5.74) is 0.198. The second kappa shape index (κ2) is 4.94. The number of hydrogen-bond acceptors (Lipinski definition) is 2. The van der Waals surface area contributed by atoms with Gasteiger partial charge in [0.1, 0.15) is 0 Å². The van der Waals surface area contributed by atoms with Gasteiger partial charge in [-0.3, -0.25) is 4.79 Å². The summed E-state index contributed by atoms with van der Waals surface area (Å²) in [6.45, 7) is 6.72. The van der Waals surface area contributed by atoms with Crippen LogP contribution in [-0.2, 0) is 4.79 Å². The molecule has 0 aliphatic heterocycles. The molecule has 2 atom stereocenters. The lowest BCUT2D eigenvalue weighted by atomic mass is 9.94. The monoisotopic (exact) mass is 242 g/mol. The molecule has 1 rings (SSSR count). The molecule has 5 heteroatoms. The molecule has 0 bridgehead atoms. The van der Waals surface area contributed by atoms with Gasteiger partial charge in [-0.15, -0.1) is 0 Å². The highest BCUT2D eigenvalue weighted by Gasteiger charge is 2.53. The Morgan fingerprint density at radius 3 is 2.53 bits per heavy atom. The molecule has 2 amide bonds. The van der Waals surface area contributed by atoms with E-state index >= 15 is 0 Å². The molecule has 0 aromatic carbocycles. The van der Waals surface area contributed by atoms with Gasteiger partial charge < -0.3 is 15.3 Å². The normalized spacial score (nSPS) is 26.8. The number of amides is 2. The molecule has 0 radical (unpaired) electrons. The van der Waals surface area contributed by atoms with E-state index in [0.717, 1.165) is 6.42 Å². The summed E-state index contributed by atoms with van der Waals surface area (Å²) in [5.74, 6) is -0.347. The van der Waals surface area contributed by atoms with Crippen molar-refractivity contribution in [3.63, 3.8) is 0 Å². The maximum absolute atomic E-state index is 11.7. The number of carbonyl (C=O) groups is 2. The number of urea groups is 1. The maximum Gasteiger partial charge on any atom is 0.317 e. The SMILES string of the molecule is CC(C)C1(C)CC1NC(=O)N(C)CCC(=O)O. The highest BCUT2D eigenvalue weighted by atomic mass is 16.4. The Morgan fingerprint density at radius 2 is 2.12 bits per heavy atom. The third-order valence-corrected chi connectivity index (χ3v) is 3.90. The van der Waals surface area contributed by atoms with E-state index in [4.69, 9.17) is 5.11 Å². The van der Waals surface area contributed by atoms with E-state index in [9.17, 15) is 9.59 Å². The van der Waals surface area contributed by atoms with Crippen molar-refractivity contribution in [1.82, 2.24) is 10.2 Å². The number of carboxylic acids is 1. The van der Waals surface area contributed by atoms with E-state index in [-0.39, 0.29) is 30.5 Å². The van der Waals surface area contributed by atoms with Gasteiger partial charge in [-0.2, -0.15) is 0 Å². The van der Waals surface area contributed by atoms with Crippen molar-refractivity contribution < 1.29 is 14.7 Å². The molecular formula is C12H22N2O3. The molecule has 17 heavy (non-hydrogen) atoms. The van der Waals surface area contributed by atoms with E-state index in [0.29, 0.717) is 5.92 Å². The van der Waals surface area contributed by atoms with E-state index in [1.807, 2.05) is 0 Å². The third-order valence-electron chi connectivity index (χ3n) is 3.90. The number of rotatable bonds is 5. The van der Waals surface area contributed by atoms with Gasteiger partial charge in [0.05, 0.1) is 6.42 Å². The van der Waals surface area contributed by atoms with Crippen molar-refractivity contribution in [3.8, 4) is 0 Å². The zero-order valence-corrected chi connectivity index (χ0v) is 11.0. The standard InChI is InChI=1S/C12H22N2O3/c1-8(2)12(3)7-9(12)13-11(17)14(4)6-5-10(15)16/h8-9H,5-7H2,1-4H3,(H,13,17)(H,15,16). The number of carbonyl (C=O) groups excluding carboxylic acids is 1. The first-order chi connectivity index (χ1) is 7.77. The summed E-state index contributed by atoms with van der Waals surface area (Å²) < 4.78 is 0. The lowest BCUT2D eigenvalue weighted by molar-refractivity contribution is -0.137. The zero-order chi connectivity index (χ0) is 13.2. The van der Waals surface area contributed by atoms with Crippen LogP contribution in [0.1, 0.15) is 33.6 Å². The third kappa shape index (κ3) is 3.35. The Morgan fingerprint density at radius 1 is 1.53 bits per heavy atom. The maximum atomic E-state index is 11.7. The van der Waals surface area contributed by atoms with Crippen LogP contribution in [0.4, 0.5) is 4.79 Å². The van der Waals surface area contributed by atoms with Gasteiger partial charge in [0.2, 0.25) is 0 Å². The summed E-state index contributed by atoms with van der Waals surface area (Å²) in [4.78, 5) is 23.6. The van der Waals surface area contributed by atoms with Crippen molar-refractivity contribution in [2.24, 2.45) is 11.3 Å². The number of nitrogens with one attached hydrogen (secondary N) is 1. The predicted molar refractivity (Wildman–Crippen MR) is 64.8 cm³/mol. The first-order valence-electron chi connectivity index (χ1n) is 6.00. The molecule has 2 N–H and O–H groups in total. The van der Waals surface area contributed by atoms with Crippen LogP contribution in [0.15, 0.2) is 0 Å². The van der Waals surface area contributed by atoms with Crippen LogP contribution in [-0.4, -0.2) is 41.6 Å². The second-order valence-corrected chi connectivity index (χ2v) is 5.43. The fourth-order valence-electron chi connectivity index (χ4n) is 1.86. The zero-order valence-electron chi connectivity index (χ0n) is 11.0. The molecule has 2 unspecified atom stereocenters. The molecule has 5 nitrogen and oxygen atoms in total. The van der Waals surface area contributed by atoms with Gasteiger partial charge in [0.15, 0.2) is 0 Å². The molecular weight excluding hydrogens is 220 g/mol. The lowest BCUT2D eigenvalue weighted by Crippen LogP contribution is -2.41. The van der Waals surface area contributed by atoms with Crippen LogP contribution in [0.3, 0.4) is 0 Å². The van der Waals surface area contributed by atoms with E-state index in [1.165, 1.54) is 4.90 Å². The Balaban J connectivity index is 2.34. The van der Waals surface area contributed by atoms with Crippen molar-refractivity contribution in [3.05, 3.63) is 0 Å². The first-order valence-corrected chi connectivity index (χ1v) is 6.00. The van der Waals surface area contributed by atoms with Gasteiger partial charge in [-0.05, 0) is 17.8 Å². The van der Waals surface area contributed by atoms with Crippen LogP contribution >= 0.6 is 0 Å². The minimum absolute atomic E-state index is 0.0178. The molecule has 1 fully saturated rings. The minimum atomic E-state index is -0.886. The van der Waals surface area contributed by atoms with Gasteiger partial charge >= 0.3 is 12.0 Å². The van der Waals surface area contributed by atoms with Crippen molar-refractivity contribution in [1.29, 1.82) is 0 Å². The van der Waals surface area contributed by atoms with Crippen molar-refractivity contribution in [2.75, 3.05) is 13.6 Å². The highest BCUT2D eigenvalue weighted by molar-refractivity contribution is 5.75. The Hall–Kier alpha value is -1.26. The smallest absolute Gasteiger partial charge is 0.317 e. The number of hydrogen-bond donors (Lipinski definition) is 2. The Bertz CT molecular complexity index is 317. The van der Waals surface area contributed by atoms with E-state index in [2.05, 4.69) is 26.1 Å². The van der Waals surface area contributed by atoms with Crippen molar-refractivity contribution in [2.45, 2.75) is 39.7 Å². The van der Waals surface area contributed by atoms with Crippen LogP contribution in [0.25, 0.3) is 0 Å². The average molecular weight is 242 g/mol. The number of carboxylic acid groups (broad SMARTS) is 1. The van der Waals surface area contributed by atoms with Crippen LogP contribution in [0.5, 0.6) is 0 Å². The fourth-order valence-corrected chi connectivity index (χ4v) is 1.86. The van der Waals surface area contributed by atoms with Crippen molar-refractivity contribution >= 4 is 12.0 Å².